The van der Waals surface area contributed by atoms with Gasteiger partial charge in [-0.2, -0.15) is 11.8 Å². The second-order valence-electron chi connectivity index (χ2n) is 3.81. The minimum atomic E-state index is 0.339. The van der Waals surface area contributed by atoms with Crippen molar-refractivity contribution in [2.45, 2.75) is 31.4 Å². The van der Waals surface area contributed by atoms with Crippen LogP contribution in [0, 0.1) is 0 Å². The van der Waals surface area contributed by atoms with Gasteiger partial charge in [0.2, 0.25) is 5.95 Å². The Bertz CT molecular complexity index is 284. The third kappa shape index (κ3) is 2.91. The third-order valence-corrected chi connectivity index (χ3v) is 4.70. The summed E-state index contributed by atoms with van der Waals surface area (Å²) in [7, 11) is 2.01. The van der Waals surface area contributed by atoms with Crippen molar-refractivity contribution < 1.29 is 0 Å². The standard InChI is InChI=1S/C11H21N3S/c1-5-11(6-2,15-4)9-13-10-12-7-8-14(10)3/h7-8H,5-6,9H2,1-4H3,(H,12,13). The fourth-order valence-electron chi connectivity index (χ4n) is 1.64. The number of imidazole rings is 1. The third-order valence-electron chi connectivity index (χ3n) is 3.11. The summed E-state index contributed by atoms with van der Waals surface area (Å²) in [5.41, 5.74) is 0. The van der Waals surface area contributed by atoms with E-state index >= 15 is 0 Å². The van der Waals surface area contributed by atoms with Crippen LogP contribution in [0.3, 0.4) is 0 Å². The first-order chi connectivity index (χ1) is 7.17. The molecule has 0 radical (unpaired) electrons. The molecule has 86 valence electrons. The molecule has 3 nitrogen and oxygen atoms in total. The van der Waals surface area contributed by atoms with E-state index in [1.54, 1.807) is 0 Å². The molecule has 0 aliphatic carbocycles. The molecule has 0 spiro atoms. The molecule has 0 aliphatic heterocycles. The number of nitrogens with zero attached hydrogens (tertiary/aromatic N) is 2. The van der Waals surface area contributed by atoms with Gasteiger partial charge in [0.1, 0.15) is 0 Å². The van der Waals surface area contributed by atoms with E-state index in [-0.39, 0.29) is 0 Å². The van der Waals surface area contributed by atoms with Crippen molar-refractivity contribution in [3.8, 4) is 0 Å². The average molecular weight is 227 g/mol. The lowest BCUT2D eigenvalue weighted by atomic mass is 10.0. The highest BCUT2D eigenvalue weighted by atomic mass is 32.2. The molecule has 1 heterocycles. The fraction of sp³-hybridized carbons (Fsp3) is 0.727. The fourth-order valence-corrected chi connectivity index (χ4v) is 2.43. The van der Waals surface area contributed by atoms with Gasteiger partial charge in [-0.05, 0) is 19.1 Å². The van der Waals surface area contributed by atoms with Crippen molar-refractivity contribution in [1.82, 2.24) is 9.55 Å². The molecule has 1 aromatic rings. The van der Waals surface area contributed by atoms with Crippen LogP contribution < -0.4 is 5.32 Å². The number of hydrogen-bond donors (Lipinski definition) is 1. The molecule has 0 aliphatic rings. The zero-order chi connectivity index (χ0) is 11.3. The summed E-state index contributed by atoms with van der Waals surface area (Å²) in [6.07, 6.45) is 8.33. The molecule has 1 aromatic heterocycles. The SMILES string of the molecule is CCC(CC)(CNc1nccn1C)SC. The van der Waals surface area contributed by atoms with Gasteiger partial charge in [0, 0.05) is 30.7 Å². The van der Waals surface area contributed by atoms with Crippen molar-refractivity contribution in [3.63, 3.8) is 0 Å². The van der Waals surface area contributed by atoms with Crippen molar-refractivity contribution in [1.29, 1.82) is 0 Å². The first-order valence-electron chi connectivity index (χ1n) is 5.43. The first kappa shape index (κ1) is 12.4. The van der Waals surface area contributed by atoms with Crippen LogP contribution in [0.5, 0.6) is 0 Å². The number of thioether (sulfide) groups is 1. The number of nitrogens with one attached hydrogen (secondary N) is 1. The Morgan fingerprint density at radius 2 is 2.13 bits per heavy atom. The maximum atomic E-state index is 4.26. The van der Waals surface area contributed by atoms with E-state index in [1.165, 1.54) is 12.8 Å². The topological polar surface area (TPSA) is 29.9 Å². The Labute approximate surface area is 96.7 Å². The summed E-state index contributed by atoms with van der Waals surface area (Å²) in [4.78, 5) is 4.26. The Balaban J connectivity index is 2.58. The van der Waals surface area contributed by atoms with E-state index in [9.17, 15) is 0 Å². The van der Waals surface area contributed by atoms with E-state index in [0.29, 0.717) is 4.75 Å². The largest absolute Gasteiger partial charge is 0.354 e. The number of aromatic nitrogens is 2. The summed E-state index contributed by atoms with van der Waals surface area (Å²) in [6, 6.07) is 0. The van der Waals surface area contributed by atoms with Gasteiger partial charge >= 0.3 is 0 Å². The summed E-state index contributed by atoms with van der Waals surface area (Å²) in [5, 5.41) is 3.42. The summed E-state index contributed by atoms with van der Waals surface area (Å²) in [6.45, 7) is 5.48. The molecule has 1 rings (SSSR count). The van der Waals surface area contributed by atoms with Crippen LogP contribution in [0.1, 0.15) is 26.7 Å². The van der Waals surface area contributed by atoms with Crippen LogP contribution in [-0.2, 0) is 7.05 Å². The minimum absolute atomic E-state index is 0.339. The molecule has 0 fully saturated rings. The molecule has 4 heteroatoms. The Kier molecular flexibility index (Phi) is 4.51. The van der Waals surface area contributed by atoms with Crippen LogP contribution in [0.25, 0.3) is 0 Å². The molecule has 0 atom stereocenters. The second-order valence-corrected chi connectivity index (χ2v) is 5.08. The molecule has 0 unspecified atom stereocenters. The molecule has 15 heavy (non-hydrogen) atoms. The molecule has 0 saturated heterocycles. The van der Waals surface area contributed by atoms with Gasteiger partial charge in [0.05, 0.1) is 0 Å². The van der Waals surface area contributed by atoms with Gasteiger partial charge < -0.3 is 9.88 Å². The van der Waals surface area contributed by atoms with Crippen molar-refractivity contribution in [3.05, 3.63) is 12.4 Å². The van der Waals surface area contributed by atoms with E-state index < -0.39 is 0 Å². The zero-order valence-corrected chi connectivity index (χ0v) is 10.9. The van der Waals surface area contributed by atoms with Crippen LogP contribution >= 0.6 is 11.8 Å². The van der Waals surface area contributed by atoms with Crippen LogP contribution in [0.4, 0.5) is 5.95 Å². The Morgan fingerprint density at radius 3 is 2.53 bits per heavy atom. The highest BCUT2D eigenvalue weighted by Gasteiger charge is 2.24. The summed E-state index contributed by atoms with van der Waals surface area (Å²) >= 11 is 1.95. The van der Waals surface area contributed by atoms with Crippen molar-refractivity contribution in [2.75, 3.05) is 18.1 Å². The lowest BCUT2D eigenvalue weighted by Crippen LogP contribution is -2.32. The number of anilines is 1. The molecular weight excluding hydrogens is 206 g/mol. The molecule has 0 aromatic carbocycles. The maximum Gasteiger partial charge on any atom is 0.202 e. The van der Waals surface area contributed by atoms with E-state index in [2.05, 4.69) is 30.4 Å². The smallest absolute Gasteiger partial charge is 0.202 e. The molecule has 0 saturated carbocycles. The second kappa shape index (κ2) is 5.45. The van der Waals surface area contributed by atoms with Crippen LogP contribution in [0.15, 0.2) is 12.4 Å². The van der Waals surface area contributed by atoms with Gasteiger partial charge in [0.15, 0.2) is 0 Å². The van der Waals surface area contributed by atoms with Gasteiger partial charge in [0.25, 0.3) is 0 Å². The first-order valence-corrected chi connectivity index (χ1v) is 6.66. The number of rotatable bonds is 6. The number of hydrogen-bond acceptors (Lipinski definition) is 3. The van der Waals surface area contributed by atoms with Gasteiger partial charge in [-0.1, -0.05) is 13.8 Å². The Morgan fingerprint density at radius 1 is 1.47 bits per heavy atom. The minimum Gasteiger partial charge on any atom is -0.354 e. The molecule has 0 bridgehead atoms. The predicted molar refractivity (Wildman–Crippen MR) is 68.5 cm³/mol. The van der Waals surface area contributed by atoms with Crippen LogP contribution in [-0.4, -0.2) is 27.1 Å². The number of aryl methyl sites for hydroxylation is 1. The van der Waals surface area contributed by atoms with E-state index in [1.807, 2.05) is 35.8 Å². The monoisotopic (exact) mass is 227 g/mol. The lowest BCUT2D eigenvalue weighted by molar-refractivity contribution is 0.572. The highest BCUT2D eigenvalue weighted by Crippen LogP contribution is 2.30. The molecule has 0 amide bonds. The zero-order valence-electron chi connectivity index (χ0n) is 10.1. The van der Waals surface area contributed by atoms with Crippen molar-refractivity contribution >= 4 is 17.7 Å². The van der Waals surface area contributed by atoms with Crippen LogP contribution in [0.2, 0.25) is 0 Å². The molecular formula is C11H21N3S. The average Bonchev–Trinajstić information content (AvgIpc) is 2.67. The molecule has 1 N–H and O–H groups in total. The highest BCUT2D eigenvalue weighted by molar-refractivity contribution is 8.00. The summed E-state index contributed by atoms with van der Waals surface area (Å²) in [5.74, 6) is 0.954. The normalized spacial score (nSPS) is 11.7. The van der Waals surface area contributed by atoms with E-state index in [4.69, 9.17) is 0 Å². The van der Waals surface area contributed by atoms with Gasteiger partial charge in [-0.25, -0.2) is 4.98 Å². The quantitative estimate of drug-likeness (QED) is 0.810. The lowest BCUT2D eigenvalue weighted by Gasteiger charge is -2.29. The van der Waals surface area contributed by atoms with Crippen molar-refractivity contribution in [2.24, 2.45) is 7.05 Å². The predicted octanol–water partition coefficient (Wildman–Crippen LogP) is 2.75. The summed E-state index contributed by atoms with van der Waals surface area (Å²) < 4.78 is 2.35. The maximum absolute atomic E-state index is 4.26. The van der Waals surface area contributed by atoms with E-state index in [0.717, 1.165) is 12.5 Å². The van der Waals surface area contributed by atoms with Gasteiger partial charge in [-0.15, -0.1) is 0 Å². The Hall–Kier alpha value is -0.640. The van der Waals surface area contributed by atoms with Gasteiger partial charge in [-0.3, -0.25) is 0 Å².